The molecular formula is C24H35N5. The van der Waals surface area contributed by atoms with Gasteiger partial charge in [-0.05, 0) is 32.2 Å². The third kappa shape index (κ3) is 6.58. The average Bonchev–Trinajstić information content (AvgIpc) is 2.83. The second kappa shape index (κ2) is 10.4. The van der Waals surface area contributed by atoms with Gasteiger partial charge in [-0.3, -0.25) is 9.89 Å². The Kier molecular flexibility index (Phi) is 7.67. The molecule has 1 aromatic carbocycles. The Bertz CT molecular complexity index is 763. The fourth-order valence-electron chi connectivity index (χ4n) is 3.64. The Morgan fingerprint density at radius 1 is 1.17 bits per heavy atom. The summed E-state index contributed by atoms with van der Waals surface area (Å²) in [7, 11) is 4.27. The Morgan fingerprint density at radius 3 is 2.72 bits per heavy atom. The van der Waals surface area contributed by atoms with Gasteiger partial charge in [-0.2, -0.15) is 0 Å². The summed E-state index contributed by atoms with van der Waals surface area (Å²) >= 11 is 0. The second-order valence-electron chi connectivity index (χ2n) is 8.19. The van der Waals surface area contributed by atoms with E-state index in [0.717, 1.165) is 51.5 Å². The Labute approximate surface area is 176 Å². The molecule has 2 aliphatic heterocycles. The van der Waals surface area contributed by atoms with E-state index in [2.05, 4.69) is 96.2 Å². The minimum atomic E-state index is 0.163. The largest absolute Gasteiger partial charge is 0.383 e. The lowest BCUT2D eigenvalue weighted by Crippen LogP contribution is -2.44. The second-order valence-corrected chi connectivity index (χ2v) is 8.19. The van der Waals surface area contributed by atoms with Gasteiger partial charge in [-0.25, -0.2) is 0 Å². The maximum atomic E-state index is 5.10. The van der Waals surface area contributed by atoms with Crippen LogP contribution in [-0.4, -0.2) is 79.9 Å². The first-order valence-corrected chi connectivity index (χ1v) is 10.5. The molecule has 5 heteroatoms. The summed E-state index contributed by atoms with van der Waals surface area (Å²) in [5.74, 6) is 1.17. The smallest absolute Gasteiger partial charge is 0.114 e. The molecule has 0 spiro atoms. The van der Waals surface area contributed by atoms with Gasteiger partial charge in [0.2, 0.25) is 0 Å². The predicted octanol–water partition coefficient (Wildman–Crippen LogP) is 2.75. The number of allylic oxidation sites excluding steroid dienone is 2. The summed E-state index contributed by atoms with van der Waals surface area (Å²) in [6.07, 6.45) is 6.46. The fourth-order valence-corrected chi connectivity index (χ4v) is 3.64. The van der Waals surface area contributed by atoms with Crippen LogP contribution in [0, 0.1) is 0 Å². The van der Waals surface area contributed by atoms with E-state index >= 15 is 0 Å². The number of amidine groups is 1. The lowest BCUT2D eigenvalue weighted by atomic mass is 10.1. The molecule has 2 heterocycles. The zero-order valence-corrected chi connectivity index (χ0v) is 18.1. The number of nitrogens with zero attached hydrogens (tertiary/aromatic N) is 4. The van der Waals surface area contributed by atoms with Gasteiger partial charge in [0.05, 0.1) is 12.6 Å². The van der Waals surface area contributed by atoms with Crippen LogP contribution in [0.2, 0.25) is 0 Å². The maximum absolute atomic E-state index is 5.10. The third-order valence-corrected chi connectivity index (χ3v) is 5.35. The van der Waals surface area contributed by atoms with Crippen LogP contribution in [0.3, 0.4) is 0 Å². The minimum Gasteiger partial charge on any atom is -0.383 e. The van der Waals surface area contributed by atoms with Crippen molar-refractivity contribution in [3.8, 4) is 0 Å². The number of rotatable bonds is 7. The van der Waals surface area contributed by atoms with Crippen LogP contribution in [0.1, 0.15) is 12.5 Å². The highest BCUT2D eigenvalue weighted by Gasteiger charge is 2.21. The van der Waals surface area contributed by atoms with E-state index < -0.39 is 0 Å². The molecule has 1 fully saturated rings. The molecule has 29 heavy (non-hydrogen) atoms. The lowest BCUT2D eigenvalue weighted by Gasteiger charge is -2.31. The molecule has 2 bridgehead atoms. The molecule has 156 valence electrons. The zero-order chi connectivity index (χ0) is 20.6. The fraction of sp³-hybridized carbons (Fsp3) is 0.458. The van der Waals surface area contributed by atoms with Crippen molar-refractivity contribution < 1.29 is 0 Å². The highest BCUT2D eigenvalue weighted by molar-refractivity contribution is 5.85. The molecule has 3 rings (SSSR count). The van der Waals surface area contributed by atoms with Crippen molar-refractivity contribution in [3.63, 3.8) is 0 Å². The Balaban J connectivity index is 1.82. The molecular weight excluding hydrogens is 358 g/mol. The number of hydrogen-bond donors (Lipinski definition) is 1. The van der Waals surface area contributed by atoms with Crippen LogP contribution in [0.25, 0.3) is 0 Å². The van der Waals surface area contributed by atoms with Crippen LogP contribution >= 0.6 is 0 Å². The van der Waals surface area contributed by atoms with Crippen LogP contribution < -0.4 is 5.32 Å². The van der Waals surface area contributed by atoms with Gasteiger partial charge in [0.25, 0.3) is 0 Å². The quantitative estimate of drug-likeness (QED) is 0.772. The molecule has 0 amide bonds. The molecule has 1 atom stereocenters. The van der Waals surface area contributed by atoms with Crippen molar-refractivity contribution in [2.45, 2.75) is 19.5 Å². The molecule has 0 aliphatic carbocycles. The third-order valence-electron chi connectivity index (χ3n) is 5.35. The molecule has 0 aromatic heterocycles. The number of hydrogen-bond acceptors (Lipinski definition) is 5. The summed E-state index contributed by atoms with van der Waals surface area (Å²) < 4.78 is 0. The standard InChI is InChI=1S/C24H35N5/c1-20-9-8-12-23-18-29(14-13-25-21(23)2)24(26-20)19-28(16-15-27(3)4)17-22-10-6-5-7-11-22/h5-12,20,25H,2,13-19H2,1,3-4H3/b9-8-,23-12+,26-24?. The van der Waals surface area contributed by atoms with Crippen LogP contribution in [0.4, 0.5) is 0 Å². The molecule has 0 radical (unpaired) electrons. The topological polar surface area (TPSA) is 34.1 Å². The molecule has 1 unspecified atom stereocenters. The average molecular weight is 394 g/mol. The SMILES string of the molecule is C=C1NCCN2C/C1=C\C=C/C(C)N=C2CN(CCN(C)C)Cc1ccccc1. The minimum absolute atomic E-state index is 0.163. The first-order chi connectivity index (χ1) is 14.0. The normalized spacial score (nSPS) is 22.7. The van der Waals surface area contributed by atoms with Crippen LogP contribution in [-0.2, 0) is 6.54 Å². The van der Waals surface area contributed by atoms with E-state index in [4.69, 9.17) is 4.99 Å². The van der Waals surface area contributed by atoms with Crippen molar-refractivity contribution in [1.82, 2.24) is 20.0 Å². The summed E-state index contributed by atoms with van der Waals surface area (Å²) in [6.45, 7) is 12.9. The first-order valence-electron chi connectivity index (χ1n) is 10.5. The van der Waals surface area contributed by atoms with E-state index in [9.17, 15) is 0 Å². The van der Waals surface area contributed by atoms with Gasteiger partial charge in [-0.15, -0.1) is 0 Å². The summed E-state index contributed by atoms with van der Waals surface area (Å²) in [4.78, 5) is 12.3. The number of fused-ring (bicyclic) bond motifs is 2. The maximum Gasteiger partial charge on any atom is 0.114 e. The van der Waals surface area contributed by atoms with E-state index in [1.807, 2.05) is 0 Å². The van der Waals surface area contributed by atoms with Crippen molar-refractivity contribution in [3.05, 3.63) is 72.0 Å². The Morgan fingerprint density at radius 2 is 1.97 bits per heavy atom. The summed E-state index contributed by atoms with van der Waals surface area (Å²) in [5.41, 5.74) is 3.61. The molecule has 1 N–H and O–H groups in total. The lowest BCUT2D eigenvalue weighted by molar-refractivity contribution is 0.252. The van der Waals surface area contributed by atoms with Gasteiger partial charge in [0.15, 0.2) is 0 Å². The van der Waals surface area contributed by atoms with Gasteiger partial charge < -0.3 is 15.1 Å². The Hall–Kier alpha value is -2.37. The molecule has 1 saturated heterocycles. The van der Waals surface area contributed by atoms with E-state index in [-0.39, 0.29) is 6.04 Å². The van der Waals surface area contributed by atoms with Gasteiger partial charge >= 0.3 is 0 Å². The summed E-state index contributed by atoms with van der Waals surface area (Å²) in [5, 5.41) is 3.44. The summed E-state index contributed by atoms with van der Waals surface area (Å²) in [6, 6.07) is 10.9. The van der Waals surface area contributed by atoms with Crippen LogP contribution in [0.5, 0.6) is 0 Å². The van der Waals surface area contributed by atoms with E-state index in [1.54, 1.807) is 0 Å². The number of likely N-dealkylation sites (N-methyl/N-ethyl adjacent to an activating group) is 1. The van der Waals surface area contributed by atoms with E-state index in [0.29, 0.717) is 0 Å². The van der Waals surface area contributed by atoms with Crippen molar-refractivity contribution >= 4 is 5.84 Å². The van der Waals surface area contributed by atoms with Crippen molar-refractivity contribution in [1.29, 1.82) is 0 Å². The highest BCUT2D eigenvalue weighted by atomic mass is 15.3. The monoisotopic (exact) mass is 393 g/mol. The van der Waals surface area contributed by atoms with Crippen molar-refractivity contribution in [2.75, 3.05) is 53.4 Å². The highest BCUT2D eigenvalue weighted by Crippen LogP contribution is 2.16. The number of benzene rings is 1. The van der Waals surface area contributed by atoms with Crippen LogP contribution in [0.15, 0.2) is 71.4 Å². The zero-order valence-electron chi connectivity index (χ0n) is 18.1. The van der Waals surface area contributed by atoms with Crippen molar-refractivity contribution in [2.24, 2.45) is 4.99 Å². The molecule has 2 aliphatic rings. The molecule has 5 nitrogen and oxygen atoms in total. The molecule has 1 aromatic rings. The van der Waals surface area contributed by atoms with E-state index in [1.165, 1.54) is 17.0 Å². The first kappa shape index (κ1) is 21.3. The predicted molar refractivity (Wildman–Crippen MR) is 123 cm³/mol. The number of aliphatic imine (C=N–C) groups is 1. The molecule has 0 saturated carbocycles. The van der Waals surface area contributed by atoms with Gasteiger partial charge in [-0.1, -0.05) is 55.1 Å². The number of nitrogens with one attached hydrogen (secondary N) is 1. The van der Waals surface area contributed by atoms with Gasteiger partial charge in [0, 0.05) is 45.0 Å². The van der Waals surface area contributed by atoms with Gasteiger partial charge in [0.1, 0.15) is 5.84 Å².